The Kier molecular flexibility index (Phi) is 2.27. The molecule has 2 nitrogen and oxygen atoms in total. The standard InChI is InChI=1S/C7H8ClNO/c8-6-3-1-2-5(4-6)7(9)10/h1-4,7,10H,9H2. The van der Waals surface area contributed by atoms with E-state index in [1.54, 1.807) is 24.3 Å². The van der Waals surface area contributed by atoms with Crippen LogP contribution < -0.4 is 5.73 Å². The van der Waals surface area contributed by atoms with Gasteiger partial charge in [0.25, 0.3) is 0 Å². The number of benzene rings is 1. The largest absolute Gasteiger partial charge is 0.375 e. The summed E-state index contributed by atoms with van der Waals surface area (Å²) < 4.78 is 0. The molecule has 0 heterocycles. The van der Waals surface area contributed by atoms with Crippen molar-refractivity contribution in [2.45, 2.75) is 6.23 Å². The van der Waals surface area contributed by atoms with Crippen molar-refractivity contribution < 1.29 is 5.11 Å². The van der Waals surface area contributed by atoms with Crippen LogP contribution >= 0.6 is 11.6 Å². The van der Waals surface area contributed by atoms with Gasteiger partial charge >= 0.3 is 0 Å². The van der Waals surface area contributed by atoms with Gasteiger partial charge in [-0.05, 0) is 17.7 Å². The van der Waals surface area contributed by atoms with Crippen LogP contribution in [0.25, 0.3) is 0 Å². The molecule has 0 fully saturated rings. The summed E-state index contributed by atoms with van der Waals surface area (Å²) in [5, 5.41) is 9.45. The Morgan fingerprint density at radius 2 is 2.20 bits per heavy atom. The maximum Gasteiger partial charge on any atom is 0.128 e. The fourth-order valence-corrected chi connectivity index (χ4v) is 0.889. The second-order valence-electron chi connectivity index (χ2n) is 2.00. The fourth-order valence-electron chi connectivity index (χ4n) is 0.691. The van der Waals surface area contributed by atoms with E-state index in [-0.39, 0.29) is 0 Å². The monoisotopic (exact) mass is 157 g/mol. The molecule has 0 aliphatic heterocycles. The predicted octanol–water partition coefficient (Wildman–Crippen LogP) is 1.29. The summed E-state index contributed by atoms with van der Waals surface area (Å²) in [6, 6.07) is 6.82. The quantitative estimate of drug-likeness (QED) is 0.604. The first-order valence-corrected chi connectivity index (χ1v) is 3.27. The fraction of sp³-hybridized carbons (Fsp3) is 0.143. The first kappa shape index (κ1) is 7.54. The van der Waals surface area contributed by atoms with Crippen LogP contribution in [0.1, 0.15) is 11.8 Å². The van der Waals surface area contributed by atoms with E-state index in [4.69, 9.17) is 22.4 Å². The zero-order chi connectivity index (χ0) is 7.56. The van der Waals surface area contributed by atoms with Crippen molar-refractivity contribution in [2.24, 2.45) is 5.73 Å². The second kappa shape index (κ2) is 3.01. The van der Waals surface area contributed by atoms with Crippen LogP contribution in [0.5, 0.6) is 0 Å². The van der Waals surface area contributed by atoms with Gasteiger partial charge in [-0.1, -0.05) is 23.7 Å². The smallest absolute Gasteiger partial charge is 0.128 e. The van der Waals surface area contributed by atoms with Crippen molar-refractivity contribution >= 4 is 11.6 Å². The van der Waals surface area contributed by atoms with Gasteiger partial charge in [-0.15, -0.1) is 0 Å². The highest BCUT2D eigenvalue weighted by molar-refractivity contribution is 6.30. The zero-order valence-corrected chi connectivity index (χ0v) is 6.05. The van der Waals surface area contributed by atoms with E-state index in [1.807, 2.05) is 0 Å². The van der Waals surface area contributed by atoms with Crippen molar-refractivity contribution in [1.29, 1.82) is 0 Å². The van der Waals surface area contributed by atoms with E-state index < -0.39 is 6.23 Å². The van der Waals surface area contributed by atoms with Crippen molar-refractivity contribution in [3.05, 3.63) is 34.9 Å². The predicted molar refractivity (Wildman–Crippen MR) is 40.6 cm³/mol. The van der Waals surface area contributed by atoms with Crippen LogP contribution in [-0.2, 0) is 0 Å². The molecule has 1 atom stereocenters. The molecule has 0 radical (unpaired) electrons. The molecule has 0 aliphatic carbocycles. The first-order valence-electron chi connectivity index (χ1n) is 2.89. The van der Waals surface area contributed by atoms with E-state index >= 15 is 0 Å². The minimum absolute atomic E-state index is 0.585. The number of aliphatic hydroxyl groups is 1. The van der Waals surface area contributed by atoms with Gasteiger partial charge in [0.1, 0.15) is 6.23 Å². The van der Waals surface area contributed by atoms with Gasteiger partial charge in [0.05, 0.1) is 0 Å². The van der Waals surface area contributed by atoms with E-state index in [2.05, 4.69) is 0 Å². The lowest BCUT2D eigenvalue weighted by molar-refractivity contribution is 0.186. The summed E-state index contributed by atoms with van der Waals surface area (Å²) in [6.07, 6.45) is -0.932. The topological polar surface area (TPSA) is 46.2 Å². The third-order valence-electron chi connectivity index (χ3n) is 1.19. The normalized spacial score (nSPS) is 13.1. The molecule has 10 heavy (non-hydrogen) atoms. The van der Waals surface area contributed by atoms with E-state index in [0.29, 0.717) is 10.6 Å². The Hall–Kier alpha value is -0.570. The van der Waals surface area contributed by atoms with Crippen molar-refractivity contribution in [1.82, 2.24) is 0 Å². The number of hydrogen-bond donors (Lipinski definition) is 2. The van der Waals surface area contributed by atoms with E-state index in [9.17, 15) is 0 Å². The molecular formula is C7H8ClNO. The van der Waals surface area contributed by atoms with E-state index in [1.165, 1.54) is 0 Å². The molecule has 0 saturated heterocycles. The molecule has 0 aliphatic rings. The summed E-state index contributed by atoms with van der Waals surface area (Å²) >= 11 is 5.62. The summed E-state index contributed by atoms with van der Waals surface area (Å²) in [4.78, 5) is 0. The molecule has 3 heteroatoms. The molecule has 1 unspecified atom stereocenters. The van der Waals surface area contributed by atoms with Gasteiger partial charge in [-0.3, -0.25) is 0 Å². The lowest BCUT2D eigenvalue weighted by Gasteiger charge is -2.02. The van der Waals surface area contributed by atoms with Crippen LogP contribution in [0.15, 0.2) is 24.3 Å². The number of nitrogens with two attached hydrogens (primary N) is 1. The van der Waals surface area contributed by atoms with Crippen LogP contribution in [-0.4, -0.2) is 5.11 Å². The highest BCUT2D eigenvalue weighted by atomic mass is 35.5. The molecule has 54 valence electrons. The third-order valence-corrected chi connectivity index (χ3v) is 1.43. The van der Waals surface area contributed by atoms with Crippen molar-refractivity contribution in [3.63, 3.8) is 0 Å². The van der Waals surface area contributed by atoms with E-state index in [0.717, 1.165) is 0 Å². The number of halogens is 1. The van der Waals surface area contributed by atoms with Gasteiger partial charge in [-0.25, -0.2) is 0 Å². The van der Waals surface area contributed by atoms with Crippen LogP contribution in [0.4, 0.5) is 0 Å². The van der Waals surface area contributed by atoms with Gasteiger partial charge in [-0.2, -0.15) is 0 Å². The minimum Gasteiger partial charge on any atom is -0.375 e. The number of rotatable bonds is 1. The summed E-state index contributed by atoms with van der Waals surface area (Å²) in [7, 11) is 0. The Morgan fingerprint density at radius 3 is 2.60 bits per heavy atom. The zero-order valence-electron chi connectivity index (χ0n) is 5.29. The highest BCUT2D eigenvalue weighted by Crippen LogP contribution is 2.13. The maximum absolute atomic E-state index is 8.87. The maximum atomic E-state index is 8.87. The van der Waals surface area contributed by atoms with Crippen LogP contribution in [0.3, 0.4) is 0 Å². The average Bonchev–Trinajstić information content (AvgIpc) is 1.88. The summed E-state index contributed by atoms with van der Waals surface area (Å²) in [6.45, 7) is 0. The van der Waals surface area contributed by atoms with Gasteiger partial charge < -0.3 is 10.8 Å². The molecule has 0 amide bonds. The van der Waals surface area contributed by atoms with Crippen molar-refractivity contribution in [3.8, 4) is 0 Å². The van der Waals surface area contributed by atoms with Crippen LogP contribution in [0, 0.1) is 0 Å². The molecule has 1 aromatic rings. The Morgan fingerprint density at radius 1 is 1.50 bits per heavy atom. The summed E-state index contributed by atoms with van der Waals surface area (Å²) in [5.74, 6) is 0. The second-order valence-corrected chi connectivity index (χ2v) is 2.44. The lowest BCUT2D eigenvalue weighted by atomic mass is 10.2. The third kappa shape index (κ3) is 1.70. The Bertz CT molecular complexity index is 225. The first-order chi connectivity index (χ1) is 4.70. The molecule has 0 spiro atoms. The molecule has 0 bridgehead atoms. The number of hydrogen-bond acceptors (Lipinski definition) is 2. The van der Waals surface area contributed by atoms with Crippen LogP contribution in [0.2, 0.25) is 5.02 Å². The van der Waals surface area contributed by atoms with Crippen molar-refractivity contribution in [2.75, 3.05) is 0 Å². The number of aliphatic hydroxyl groups excluding tert-OH is 1. The summed E-state index contributed by atoms with van der Waals surface area (Å²) in [5.41, 5.74) is 5.81. The lowest BCUT2D eigenvalue weighted by Crippen LogP contribution is -2.07. The Labute approximate surface area is 64.2 Å². The molecule has 0 aromatic heterocycles. The molecule has 3 N–H and O–H groups in total. The van der Waals surface area contributed by atoms with Gasteiger partial charge in [0.2, 0.25) is 0 Å². The SMILES string of the molecule is NC(O)c1cccc(Cl)c1. The minimum atomic E-state index is -0.932. The Balaban J connectivity index is 2.96. The molecule has 1 aromatic carbocycles. The molecular weight excluding hydrogens is 150 g/mol. The molecule has 0 saturated carbocycles. The van der Waals surface area contributed by atoms with Gasteiger partial charge in [0.15, 0.2) is 0 Å². The average molecular weight is 158 g/mol. The molecule has 1 rings (SSSR count). The highest BCUT2D eigenvalue weighted by Gasteiger charge is 1.98. The van der Waals surface area contributed by atoms with Gasteiger partial charge in [0, 0.05) is 5.02 Å².